The summed E-state index contributed by atoms with van der Waals surface area (Å²) in [6.45, 7) is 10.0. The summed E-state index contributed by atoms with van der Waals surface area (Å²) < 4.78 is 20.5. The summed E-state index contributed by atoms with van der Waals surface area (Å²) in [5.41, 5.74) is 6.02. The van der Waals surface area contributed by atoms with Crippen molar-refractivity contribution in [3.63, 3.8) is 0 Å². The maximum absolute atomic E-state index is 15.1. The van der Waals surface area contributed by atoms with Gasteiger partial charge in [0.05, 0.1) is 13.2 Å². The van der Waals surface area contributed by atoms with Crippen LogP contribution in [-0.4, -0.2) is 47.2 Å². The Morgan fingerprint density at radius 3 is 2.67 bits per heavy atom. The molecular weight excluding hydrogens is 417 g/mol. The summed E-state index contributed by atoms with van der Waals surface area (Å²) in [7, 11) is 0. The lowest BCUT2D eigenvalue weighted by Crippen LogP contribution is -2.35. The van der Waals surface area contributed by atoms with Gasteiger partial charge in [0.15, 0.2) is 0 Å². The molecule has 0 amide bonds. The van der Waals surface area contributed by atoms with Crippen LogP contribution in [0.5, 0.6) is 0 Å². The molecule has 0 saturated carbocycles. The predicted molar refractivity (Wildman–Crippen MR) is 129 cm³/mol. The van der Waals surface area contributed by atoms with Crippen LogP contribution in [0.3, 0.4) is 0 Å². The van der Waals surface area contributed by atoms with Gasteiger partial charge in [-0.25, -0.2) is 9.37 Å². The van der Waals surface area contributed by atoms with Crippen molar-refractivity contribution < 1.29 is 9.13 Å². The second kappa shape index (κ2) is 9.08. The fourth-order valence-corrected chi connectivity index (χ4v) is 4.57. The molecule has 1 saturated heterocycles. The fourth-order valence-electron chi connectivity index (χ4n) is 4.57. The Labute approximate surface area is 194 Å². The molecule has 5 rings (SSSR count). The van der Waals surface area contributed by atoms with Crippen LogP contribution in [0, 0.1) is 19.7 Å². The van der Waals surface area contributed by atoms with Crippen LogP contribution in [0.1, 0.15) is 29.2 Å². The zero-order valence-electron chi connectivity index (χ0n) is 19.4. The highest BCUT2D eigenvalue weighted by molar-refractivity contribution is 5.69. The fraction of sp³-hybridized carbons (Fsp3) is 0.385. The Morgan fingerprint density at radius 2 is 1.91 bits per heavy atom. The SMILES string of the molecule is Cc1ccc(Nc2ncc3c(n2)N(c2ccc(CN4CCOCC4)c(F)c2)C(C)C3)cc1C. The van der Waals surface area contributed by atoms with Crippen molar-refractivity contribution in [1.82, 2.24) is 14.9 Å². The van der Waals surface area contributed by atoms with Crippen molar-refractivity contribution in [2.24, 2.45) is 0 Å². The first kappa shape index (κ1) is 21.8. The normalized spacial score (nSPS) is 18.4. The summed E-state index contributed by atoms with van der Waals surface area (Å²) in [6.07, 6.45) is 2.71. The first-order valence-electron chi connectivity index (χ1n) is 11.6. The number of rotatable bonds is 5. The van der Waals surface area contributed by atoms with Gasteiger partial charge in [0.1, 0.15) is 11.6 Å². The standard InChI is InChI=1S/C26H30FN5O/c1-17-4-6-22(12-18(17)2)29-26-28-15-21-13-19(3)32(25(21)30-26)23-7-5-20(24(27)14-23)16-31-8-10-33-11-9-31/h4-7,12,14-15,19H,8-11,13,16H2,1-3H3,(H,28,29,30). The second-order valence-corrected chi connectivity index (χ2v) is 9.05. The monoisotopic (exact) mass is 447 g/mol. The van der Waals surface area contributed by atoms with Gasteiger partial charge in [-0.15, -0.1) is 0 Å². The number of benzene rings is 2. The molecule has 1 atom stereocenters. The topological polar surface area (TPSA) is 53.5 Å². The molecule has 3 heterocycles. The van der Waals surface area contributed by atoms with Gasteiger partial charge >= 0.3 is 0 Å². The van der Waals surface area contributed by atoms with E-state index in [2.05, 4.69) is 53.0 Å². The summed E-state index contributed by atoms with van der Waals surface area (Å²) in [5, 5.41) is 3.32. The minimum Gasteiger partial charge on any atom is -0.379 e. The predicted octanol–water partition coefficient (Wildman–Crippen LogP) is 4.89. The second-order valence-electron chi connectivity index (χ2n) is 9.05. The molecule has 3 aromatic rings. The average molecular weight is 448 g/mol. The first-order valence-corrected chi connectivity index (χ1v) is 11.6. The van der Waals surface area contributed by atoms with Gasteiger partial charge in [-0.05, 0) is 62.6 Å². The van der Waals surface area contributed by atoms with Crippen LogP contribution in [0.4, 0.5) is 27.5 Å². The number of hydrogen-bond acceptors (Lipinski definition) is 6. The average Bonchev–Trinajstić information content (AvgIpc) is 3.13. The lowest BCUT2D eigenvalue weighted by atomic mass is 10.1. The van der Waals surface area contributed by atoms with Crippen molar-refractivity contribution in [3.05, 3.63) is 70.7 Å². The number of nitrogens with zero attached hydrogens (tertiary/aromatic N) is 4. The number of halogens is 1. The number of nitrogens with one attached hydrogen (secondary N) is 1. The van der Waals surface area contributed by atoms with Gasteiger partial charge in [0.25, 0.3) is 0 Å². The quantitative estimate of drug-likeness (QED) is 0.601. The minimum atomic E-state index is -0.179. The number of aryl methyl sites for hydroxylation is 2. The Morgan fingerprint density at radius 1 is 1.09 bits per heavy atom. The van der Waals surface area contributed by atoms with Gasteiger partial charge in [-0.3, -0.25) is 4.90 Å². The number of fused-ring (bicyclic) bond motifs is 1. The largest absolute Gasteiger partial charge is 0.379 e. The van der Waals surface area contributed by atoms with Gasteiger partial charge < -0.3 is 15.0 Å². The van der Waals surface area contributed by atoms with E-state index in [4.69, 9.17) is 9.72 Å². The molecule has 7 heteroatoms. The summed E-state index contributed by atoms with van der Waals surface area (Å²) in [4.78, 5) is 13.7. The smallest absolute Gasteiger partial charge is 0.229 e. The van der Waals surface area contributed by atoms with Gasteiger partial charge in [0, 0.05) is 54.4 Å². The molecule has 1 unspecified atom stereocenters. The molecule has 33 heavy (non-hydrogen) atoms. The van der Waals surface area contributed by atoms with E-state index in [1.165, 1.54) is 11.1 Å². The highest BCUT2D eigenvalue weighted by Crippen LogP contribution is 2.38. The zero-order chi connectivity index (χ0) is 22.9. The van der Waals surface area contributed by atoms with E-state index in [1.807, 2.05) is 24.4 Å². The van der Waals surface area contributed by atoms with Crippen molar-refractivity contribution in [2.45, 2.75) is 39.8 Å². The highest BCUT2D eigenvalue weighted by Gasteiger charge is 2.30. The minimum absolute atomic E-state index is 0.177. The molecule has 2 aliphatic rings. The van der Waals surface area contributed by atoms with Crippen LogP contribution in [0.25, 0.3) is 0 Å². The van der Waals surface area contributed by atoms with Gasteiger partial charge in [-0.2, -0.15) is 4.98 Å². The Kier molecular flexibility index (Phi) is 6.00. The van der Waals surface area contributed by atoms with E-state index in [9.17, 15) is 0 Å². The van der Waals surface area contributed by atoms with Crippen LogP contribution in [-0.2, 0) is 17.7 Å². The Bertz CT molecular complexity index is 1160. The van der Waals surface area contributed by atoms with Crippen molar-refractivity contribution in [2.75, 3.05) is 36.5 Å². The Balaban J connectivity index is 1.39. The lowest BCUT2D eigenvalue weighted by molar-refractivity contribution is 0.0337. The molecule has 0 aliphatic carbocycles. The Hall–Kier alpha value is -3.03. The van der Waals surface area contributed by atoms with Crippen molar-refractivity contribution >= 4 is 23.1 Å². The van der Waals surface area contributed by atoms with E-state index in [0.717, 1.165) is 42.3 Å². The van der Waals surface area contributed by atoms with E-state index in [0.29, 0.717) is 31.3 Å². The number of morpholine rings is 1. The van der Waals surface area contributed by atoms with E-state index in [1.54, 1.807) is 6.07 Å². The molecule has 6 nitrogen and oxygen atoms in total. The molecule has 2 aliphatic heterocycles. The highest BCUT2D eigenvalue weighted by atomic mass is 19.1. The van der Waals surface area contributed by atoms with Crippen LogP contribution in [0.15, 0.2) is 42.6 Å². The van der Waals surface area contributed by atoms with E-state index < -0.39 is 0 Å². The van der Waals surface area contributed by atoms with E-state index in [-0.39, 0.29) is 11.9 Å². The number of anilines is 4. The summed E-state index contributed by atoms with van der Waals surface area (Å²) in [5.74, 6) is 1.20. The number of aromatic nitrogens is 2. The third-order valence-corrected chi connectivity index (χ3v) is 6.60. The van der Waals surface area contributed by atoms with Gasteiger partial charge in [-0.1, -0.05) is 12.1 Å². The number of hydrogen-bond donors (Lipinski definition) is 1. The summed E-state index contributed by atoms with van der Waals surface area (Å²) in [6, 6.07) is 11.9. The molecule has 0 spiro atoms. The maximum Gasteiger partial charge on any atom is 0.229 e. The zero-order valence-corrected chi connectivity index (χ0v) is 19.4. The molecule has 0 bridgehead atoms. The maximum atomic E-state index is 15.1. The molecule has 1 aromatic heterocycles. The van der Waals surface area contributed by atoms with E-state index >= 15 is 4.39 Å². The molecule has 1 N–H and O–H groups in total. The third-order valence-electron chi connectivity index (χ3n) is 6.60. The van der Waals surface area contributed by atoms with Crippen molar-refractivity contribution in [3.8, 4) is 0 Å². The first-order chi connectivity index (χ1) is 16.0. The van der Waals surface area contributed by atoms with Crippen molar-refractivity contribution in [1.29, 1.82) is 0 Å². The molecule has 172 valence electrons. The molecule has 1 fully saturated rings. The molecule has 2 aromatic carbocycles. The van der Waals surface area contributed by atoms with Crippen LogP contribution in [0.2, 0.25) is 0 Å². The number of ether oxygens (including phenoxy) is 1. The summed E-state index contributed by atoms with van der Waals surface area (Å²) >= 11 is 0. The third kappa shape index (κ3) is 4.56. The molecule has 0 radical (unpaired) electrons. The van der Waals surface area contributed by atoms with Crippen LogP contribution >= 0.6 is 0 Å². The molecular formula is C26H30FN5O. The lowest BCUT2D eigenvalue weighted by Gasteiger charge is -2.28. The van der Waals surface area contributed by atoms with Crippen LogP contribution < -0.4 is 10.2 Å². The van der Waals surface area contributed by atoms with Gasteiger partial charge in [0.2, 0.25) is 5.95 Å².